The van der Waals surface area contributed by atoms with E-state index in [2.05, 4.69) is 20.6 Å². The zero-order valence-corrected chi connectivity index (χ0v) is 16.5. The predicted molar refractivity (Wildman–Crippen MR) is 99.5 cm³/mol. The number of amides is 4. The Morgan fingerprint density at radius 1 is 1.23 bits per heavy atom. The minimum atomic E-state index is -4.53. The van der Waals surface area contributed by atoms with Crippen LogP contribution in [0.25, 0.3) is 0 Å². The Morgan fingerprint density at radius 3 is 2.57 bits per heavy atom. The van der Waals surface area contributed by atoms with Crippen LogP contribution < -0.4 is 15.5 Å². The fraction of sp³-hybridized carbons (Fsp3) is 0.611. The third kappa shape index (κ3) is 5.57. The van der Waals surface area contributed by atoms with E-state index in [4.69, 9.17) is 0 Å². The highest BCUT2D eigenvalue weighted by atomic mass is 19.4. The molecule has 0 aliphatic carbocycles. The van der Waals surface area contributed by atoms with Crippen molar-refractivity contribution < 1.29 is 27.6 Å². The average Bonchev–Trinajstić information content (AvgIpc) is 2.67. The number of rotatable bonds is 5. The fourth-order valence-corrected chi connectivity index (χ4v) is 3.46. The summed E-state index contributed by atoms with van der Waals surface area (Å²) >= 11 is 0. The summed E-state index contributed by atoms with van der Waals surface area (Å²) in [6.07, 6.45) is -3.08. The van der Waals surface area contributed by atoms with Crippen LogP contribution >= 0.6 is 0 Å². The summed E-state index contributed by atoms with van der Waals surface area (Å²) in [5.74, 6) is -0.256. The van der Waals surface area contributed by atoms with Crippen molar-refractivity contribution in [2.75, 3.05) is 31.1 Å². The van der Waals surface area contributed by atoms with Crippen molar-refractivity contribution in [3.8, 4) is 0 Å². The maximum Gasteiger partial charge on any atom is 0.433 e. The molecule has 0 unspecified atom stereocenters. The van der Waals surface area contributed by atoms with Gasteiger partial charge in [-0.05, 0) is 19.8 Å². The van der Waals surface area contributed by atoms with Crippen LogP contribution in [0.4, 0.5) is 23.8 Å². The molecule has 2 fully saturated rings. The van der Waals surface area contributed by atoms with Gasteiger partial charge in [-0.1, -0.05) is 0 Å². The molecule has 2 N–H and O–H groups in total. The number of imide groups is 1. The van der Waals surface area contributed by atoms with E-state index in [9.17, 15) is 27.6 Å². The van der Waals surface area contributed by atoms with Gasteiger partial charge in [-0.2, -0.15) is 13.2 Å². The number of alkyl halides is 3. The Bertz CT molecular complexity index is 824. The number of carbonyl (C=O) groups excluding carboxylic acids is 3. The molecule has 0 spiro atoms. The van der Waals surface area contributed by atoms with Gasteiger partial charge in [0.1, 0.15) is 17.3 Å². The Labute approximate surface area is 171 Å². The van der Waals surface area contributed by atoms with E-state index in [1.165, 1.54) is 11.8 Å². The molecule has 3 heterocycles. The van der Waals surface area contributed by atoms with Gasteiger partial charge >= 0.3 is 12.2 Å². The molecule has 9 nitrogen and oxygen atoms in total. The molecule has 0 bridgehead atoms. The molecule has 3 rings (SSSR count). The van der Waals surface area contributed by atoms with Crippen LogP contribution in [0, 0.1) is 6.92 Å². The smallest absolute Gasteiger partial charge is 0.356 e. The van der Waals surface area contributed by atoms with Crippen LogP contribution in [-0.2, 0) is 15.8 Å². The van der Waals surface area contributed by atoms with E-state index in [1.54, 1.807) is 4.90 Å². The summed E-state index contributed by atoms with van der Waals surface area (Å²) in [6, 6.07) is 0.349. The number of anilines is 1. The lowest BCUT2D eigenvalue weighted by Crippen LogP contribution is -2.50. The van der Waals surface area contributed by atoms with Crippen molar-refractivity contribution in [1.82, 2.24) is 25.5 Å². The van der Waals surface area contributed by atoms with Crippen molar-refractivity contribution in [3.05, 3.63) is 17.6 Å². The molecule has 164 valence electrons. The fourth-order valence-electron chi connectivity index (χ4n) is 3.46. The van der Waals surface area contributed by atoms with Crippen molar-refractivity contribution in [2.45, 2.75) is 44.8 Å². The van der Waals surface area contributed by atoms with Gasteiger partial charge in [-0.25, -0.2) is 14.8 Å². The van der Waals surface area contributed by atoms with Crippen molar-refractivity contribution in [2.24, 2.45) is 0 Å². The largest absolute Gasteiger partial charge is 0.433 e. The second-order valence-corrected chi connectivity index (χ2v) is 7.33. The lowest BCUT2D eigenvalue weighted by molar-refractivity contribution is -0.141. The zero-order chi connectivity index (χ0) is 21.9. The Morgan fingerprint density at radius 2 is 1.93 bits per heavy atom. The monoisotopic (exact) mass is 428 g/mol. The first-order valence-electron chi connectivity index (χ1n) is 9.68. The molecule has 2 aliphatic rings. The molecule has 1 aromatic heterocycles. The van der Waals surface area contributed by atoms with Crippen LogP contribution in [0.15, 0.2) is 6.07 Å². The number of halogens is 3. The van der Waals surface area contributed by atoms with Crippen LogP contribution in [0.3, 0.4) is 0 Å². The van der Waals surface area contributed by atoms with E-state index in [1.807, 2.05) is 0 Å². The van der Waals surface area contributed by atoms with Crippen molar-refractivity contribution in [3.63, 3.8) is 0 Å². The van der Waals surface area contributed by atoms with E-state index >= 15 is 0 Å². The van der Waals surface area contributed by atoms with Crippen molar-refractivity contribution in [1.29, 1.82) is 0 Å². The SMILES string of the molecule is Cc1nc(N2CCC(NC(=O)CCN3CCC(=O)NC3=O)CC2)cc(C(F)(F)F)n1. The van der Waals surface area contributed by atoms with Crippen LogP contribution in [0.5, 0.6) is 0 Å². The number of urea groups is 1. The normalized spacial score (nSPS) is 18.4. The summed E-state index contributed by atoms with van der Waals surface area (Å²) in [5.41, 5.74) is -0.969. The van der Waals surface area contributed by atoms with Gasteiger partial charge in [0.2, 0.25) is 11.8 Å². The van der Waals surface area contributed by atoms with Gasteiger partial charge in [-0.3, -0.25) is 14.9 Å². The molecule has 2 aliphatic heterocycles. The van der Waals surface area contributed by atoms with E-state index in [0.717, 1.165) is 6.07 Å². The lowest BCUT2D eigenvalue weighted by atomic mass is 10.0. The minimum Gasteiger partial charge on any atom is -0.356 e. The highest BCUT2D eigenvalue weighted by Gasteiger charge is 2.34. The number of aryl methyl sites for hydroxylation is 1. The Kier molecular flexibility index (Phi) is 6.42. The first-order valence-corrected chi connectivity index (χ1v) is 9.68. The number of piperidine rings is 1. The molecule has 12 heteroatoms. The molecule has 30 heavy (non-hydrogen) atoms. The van der Waals surface area contributed by atoms with E-state index < -0.39 is 17.9 Å². The zero-order valence-electron chi connectivity index (χ0n) is 16.5. The number of carbonyl (C=O) groups is 3. The standard InChI is InChI=1S/C18H23F3N6O3/c1-11-22-13(18(19,20)21)10-14(23-11)26-6-2-12(3-7-26)24-15(28)4-8-27-9-5-16(29)25-17(27)30/h10,12H,2-9H2,1H3,(H,24,28)(H,25,29,30). The van der Waals surface area contributed by atoms with Gasteiger partial charge in [0.05, 0.1) is 0 Å². The molecular formula is C18H23F3N6O3. The predicted octanol–water partition coefficient (Wildman–Crippen LogP) is 1.22. The highest BCUT2D eigenvalue weighted by molar-refractivity contribution is 5.96. The first kappa shape index (κ1) is 21.8. The summed E-state index contributed by atoms with van der Waals surface area (Å²) < 4.78 is 38.9. The molecule has 0 aromatic carbocycles. The number of hydrogen-bond donors (Lipinski definition) is 2. The van der Waals surface area contributed by atoms with Gasteiger partial charge in [0.25, 0.3) is 0 Å². The van der Waals surface area contributed by atoms with Crippen LogP contribution in [-0.4, -0.2) is 64.9 Å². The molecule has 4 amide bonds. The molecule has 0 radical (unpaired) electrons. The topological polar surface area (TPSA) is 108 Å². The quantitative estimate of drug-likeness (QED) is 0.730. The van der Waals surface area contributed by atoms with Crippen LogP contribution in [0.1, 0.15) is 37.2 Å². The summed E-state index contributed by atoms with van der Waals surface area (Å²) in [5, 5.41) is 5.10. The minimum absolute atomic E-state index is 0.0544. The average molecular weight is 428 g/mol. The van der Waals surface area contributed by atoms with Gasteiger partial charge < -0.3 is 15.1 Å². The first-order chi connectivity index (χ1) is 14.1. The van der Waals surface area contributed by atoms with Crippen molar-refractivity contribution >= 4 is 23.7 Å². The second-order valence-electron chi connectivity index (χ2n) is 7.33. The number of nitrogens with one attached hydrogen (secondary N) is 2. The molecular weight excluding hydrogens is 405 g/mol. The molecule has 0 saturated carbocycles. The maximum absolute atomic E-state index is 13.0. The molecule has 0 atom stereocenters. The maximum atomic E-state index is 13.0. The third-order valence-corrected chi connectivity index (χ3v) is 5.05. The summed E-state index contributed by atoms with van der Waals surface area (Å²) in [6.45, 7) is 2.83. The van der Waals surface area contributed by atoms with Gasteiger partial charge in [0.15, 0.2) is 0 Å². The highest BCUT2D eigenvalue weighted by Crippen LogP contribution is 2.30. The van der Waals surface area contributed by atoms with E-state index in [0.29, 0.717) is 25.9 Å². The summed E-state index contributed by atoms with van der Waals surface area (Å²) in [7, 11) is 0. The Balaban J connectivity index is 1.47. The number of hydrogen-bond acceptors (Lipinski definition) is 6. The van der Waals surface area contributed by atoms with Crippen LogP contribution in [0.2, 0.25) is 0 Å². The Hall–Kier alpha value is -2.92. The molecule has 1 aromatic rings. The summed E-state index contributed by atoms with van der Waals surface area (Å²) in [4.78, 5) is 45.7. The second kappa shape index (κ2) is 8.84. The van der Waals surface area contributed by atoms with E-state index in [-0.39, 0.29) is 55.4 Å². The lowest BCUT2D eigenvalue weighted by Gasteiger charge is -2.33. The molecule has 2 saturated heterocycles. The third-order valence-electron chi connectivity index (χ3n) is 5.05. The van der Waals surface area contributed by atoms with Gasteiger partial charge in [-0.15, -0.1) is 0 Å². The number of aromatic nitrogens is 2. The van der Waals surface area contributed by atoms with Gasteiger partial charge in [0, 0.05) is 51.1 Å². The number of nitrogens with zero attached hydrogens (tertiary/aromatic N) is 4.